The van der Waals surface area contributed by atoms with Crippen molar-refractivity contribution in [2.45, 2.75) is 56.4 Å². The van der Waals surface area contributed by atoms with Crippen LogP contribution in [0.3, 0.4) is 0 Å². The lowest BCUT2D eigenvalue weighted by Crippen LogP contribution is -2.43. The summed E-state index contributed by atoms with van der Waals surface area (Å²) in [6, 6.07) is 10.5. The van der Waals surface area contributed by atoms with E-state index in [0.29, 0.717) is 12.6 Å². The number of fused-ring (bicyclic) bond motifs is 1. The van der Waals surface area contributed by atoms with Gasteiger partial charge in [-0.3, -0.25) is 0 Å². The van der Waals surface area contributed by atoms with E-state index >= 15 is 0 Å². The number of hydrogen-bond acceptors (Lipinski definition) is 5. The third-order valence-electron chi connectivity index (χ3n) is 6.34. The highest BCUT2D eigenvalue weighted by atomic mass is 16.6. The summed E-state index contributed by atoms with van der Waals surface area (Å²) in [5.74, 6) is 0.818. The number of nitrogens with one attached hydrogen (secondary N) is 1. The third kappa shape index (κ3) is 3.53. The molecule has 0 unspecified atom stereocenters. The summed E-state index contributed by atoms with van der Waals surface area (Å²) in [7, 11) is 0. The number of hydrogen-bond donors (Lipinski definition) is 1. The molecule has 3 aliphatic rings. The molecule has 4 atom stereocenters. The fraction of sp³-hybridized carbons (Fsp3) is 0.619. The average Bonchev–Trinajstić information content (AvgIpc) is 3.44. The van der Waals surface area contributed by atoms with E-state index in [1.165, 1.54) is 32.1 Å². The molecule has 27 heavy (non-hydrogen) atoms. The van der Waals surface area contributed by atoms with Crippen molar-refractivity contribution in [3.8, 4) is 11.3 Å². The smallest absolute Gasteiger partial charge is 0.113 e. The number of aromatic nitrogens is 3. The predicted octanol–water partition coefficient (Wildman–Crippen LogP) is 2.82. The summed E-state index contributed by atoms with van der Waals surface area (Å²) in [4.78, 5) is 0. The van der Waals surface area contributed by atoms with Crippen LogP contribution in [0.4, 0.5) is 0 Å². The average molecular weight is 368 g/mol. The standard InChI is InChI=1S/C21H28N4O2/c1-3-7-15(8-4-1)11-22-18-13-26-21-19(14-27-20(18)21)25-12-17(23-24-25)16-9-5-2-6-10-16/h2,5-6,9-10,12,15,18-22H,1,3-4,7-8,11,13-14H2/t18-,19-,20+,21+/m0/s1. The van der Waals surface area contributed by atoms with Gasteiger partial charge in [0.2, 0.25) is 0 Å². The van der Waals surface area contributed by atoms with Crippen LogP contribution in [-0.2, 0) is 9.47 Å². The van der Waals surface area contributed by atoms with E-state index in [4.69, 9.17) is 9.47 Å². The van der Waals surface area contributed by atoms with E-state index in [9.17, 15) is 0 Å². The molecule has 3 fully saturated rings. The quantitative estimate of drug-likeness (QED) is 0.879. The summed E-state index contributed by atoms with van der Waals surface area (Å²) >= 11 is 0. The van der Waals surface area contributed by atoms with Gasteiger partial charge in [0, 0.05) is 5.56 Å². The highest BCUT2D eigenvalue weighted by Gasteiger charge is 2.48. The molecule has 2 aliphatic heterocycles. The summed E-state index contributed by atoms with van der Waals surface area (Å²) in [5, 5.41) is 12.4. The van der Waals surface area contributed by atoms with Crippen LogP contribution in [0.5, 0.6) is 0 Å². The molecule has 1 saturated carbocycles. The first-order valence-corrected chi connectivity index (χ1v) is 10.3. The molecule has 1 aromatic carbocycles. The van der Waals surface area contributed by atoms with E-state index in [2.05, 4.69) is 27.8 Å². The zero-order valence-corrected chi connectivity index (χ0v) is 15.7. The van der Waals surface area contributed by atoms with E-state index in [-0.39, 0.29) is 18.2 Å². The Morgan fingerprint density at radius 3 is 2.67 bits per heavy atom. The molecule has 2 aromatic rings. The topological polar surface area (TPSA) is 61.2 Å². The molecule has 6 heteroatoms. The Balaban J connectivity index is 1.22. The summed E-state index contributed by atoms with van der Waals surface area (Å²) in [6.45, 7) is 2.44. The first-order chi connectivity index (χ1) is 13.4. The minimum Gasteiger partial charge on any atom is -0.371 e. The van der Waals surface area contributed by atoms with Gasteiger partial charge in [-0.1, -0.05) is 54.8 Å². The Labute approximate surface area is 160 Å². The molecule has 0 amide bonds. The third-order valence-corrected chi connectivity index (χ3v) is 6.34. The highest BCUT2D eigenvalue weighted by Crippen LogP contribution is 2.34. The Bertz CT molecular complexity index is 744. The van der Waals surface area contributed by atoms with Gasteiger partial charge in [0.15, 0.2) is 0 Å². The summed E-state index contributed by atoms with van der Waals surface area (Å²) < 4.78 is 14.2. The second-order valence-corrected chi connectivity index (χ2v) is 8.13. The van der Waals surface area contributed by atoms with Gasteiger partial charge in [-0.25, -0.2) is 4.68 Å². The largest absolute Gasteiger partial charge is 0.371 e. The van der Waals surface area contributed by atoms with Crippen molar-refractivity contribution in [3.63, 3.8) is 0 Å². The molecule has 6 nitrogen and oxygen atoms in total. The lowest BCUT2D eigenvalue weighted by Gasteiger charge is -2.25. The molecular formula is C21H28N4O2. The highest BCUT2D eigenvalue weighted by molar-refractivity contribution is 5.57. The van der Waals surface area contributed by atoms with Crippen molar-refractivity contribution in [1.29, 1.82) is 0 Å². The van der Waals surface area contributed by atoms with Crippen LogP contribution in [0.2, 0.25) is 0 Å². The fourth-order valence-corrected chi connectivity index (χ4v) is 4.77. The van der Waals surface area contributed by atoms with Crippen molar-refractivity contribution in [2.75, 3.05) is 19.8 Å². The first-order valence-electron chi connectivity index (χ1n) is 10.3. The zero-order valence-electron chi connectivity index (χ0n) is 15.7. The molecule has 1 N–H and O–H groups in total. The van der Waals surface area contributed by atoms with Crippen molar-refractivity contribution in [3.05, 3.63) is 36.5 Å². The molecule has 1 aliphatic carbocycles. The van der Waals surface area contributed by atoms with Crippen LogP contribution in [0.15, 0.2) is 36.5 Å². The van der Waals surface area contributed by atoms with Crippen LogP contribution in [0.1, 0.15) is 38.1 Å². The molecule has 0 spiro atoms. The van der Waals surface area contributed by atoms with E-state index < -0.39 is 0 Å². The van der Waals surface area contributed by atoms with E-state index in [1.807, 2.05) is 29.1 Å². The van der Waals surface area contributed by atoms with Gasteiger partial charge in [0.25, 0.3) is 0 Å². The number of nitrogens with zero attached hydrogens (tertiary/aromatic N) is 3. The lowest BCUT2D eigenvalue weighted by molar-refractivity contribution is 0.0618. The van der Waals surface area contributed by atoms with Crippen molar-refractivity contribution in [2.24, 2.45) is 5.92 Å². The Kier molecular flexibility index (Phi) is 4.95. The van der Waals surface area contributed by atoms with Gasteiger partial charge in [-0.05, 0) is 25.3 Å². The first kappa shape index (κ1) is 17.3. The van der Waals surface area contributed by atoms with Crippen LogP contribution >= 0.6 is 0 Å². The maximum Gasteiger partial charge on any atom is 0.113 e. The fourth-order valence-electron chi connectivity index (χ4n) is 4.77. The van der Waals surface area contributed by atoms with Gasteiger partial charge in [-0.2, -0.15) is 0 Å². The van der Waals surface area contributed by atoms with Crippen LogP contribution in [0.25, 0.3) is 11.3 Å². The number of rotatable bonds is 5. The summed E-state index contributed by atoms with van der Waals surface area (Å²) in [5.41, 5.74) is 1.97. The monoisotopic (exact) mass is 368 g/mol. The van der Waals surface area contributed by atoms with Crippen molar-refractivity contribution >= 4 is 0 Å². The molecule has 1 aromatic heterocycles. The number of ether oxygens (including phenoxy) is 2. The minimum atomic E-state index is 0.0548. The van der Waals surface area contributed by atoms with Gasteiger partial charge in [-0.15, -0.1) is 5.10 Å². The minimum absolute atomic E-state index is 0.0548. The van der Waals surface area contributed by atoms with Crippen molar-refractivity contribution < 1.29 is 9.47 Å². The molecule has 5 rings (SSSR count). The SMILES string of the molecule is c1ccc(-c2cn([C@H]3CO[C@H]4[C@@H]3OC[C@@H]4NCC3CCCCC3)nn2)cc1. The molecule has 0 radical (unpaired) electrons. The number of benzene rings is 1. The summed E-state index contributed by atoms with van der Waals surface area (Å²) in [6.07, 6.45) is 9.07. The maximum atomic E-state index is 6.14. The Hall–Kier alpha value is -1.76. The zero-order chi connectivity index (χ0) is 18.1. The second-order valence-electron chi connectivity index (χ2n) is 8.13. The predicted molar refractivity (Wildman–Crippen MR) is 102 cm³/mol. The van der Waals surface area contributed by atoms with Crippen LogP contribution < -0.4 is 5.32 Å². The van der Waals surface area contributed by atoms with Crippen molar-refractivity contribution in [1.82, 2.24) is 20.3 Å². The molecule has 144 valence electrons. The van der Waals surface area contributed by atoms with E-state index in [0.717, 1.165) is 30.3 Å². The lowest BCUT2D eigenvalue weighted by atomic mass is 9.89. The van der Waals surface area contributed by atoms with E-state index in [1.54, 1.807) is 0 Å². The molecule has 3 heterocycles. The Morgan fingerprint density at radius 2 is 1.81 bits per heavy atom. The molecular weight excluding hydrogens is 340 g/mol. The van der Waals surface area contributed by atoms with Gasteiger partial charge in [0.05, 0.1) is 25.5 Å². The van der Waals surface area contributed by atoms with Gasteiger partial charge < -0.3 is 14.8 Å². The van der Waals surface area contributed by atoms with Gasteiger partial charge >= 0.3 is 0 Å². The Morgan fingerprint density at radius 1 is 1.00 bits per heavy atom. The molecule has 2 saturated heterocycles. The molecule has 0 bridgehead atoms. The van der Waals surface area contributed by atoms with Crippen LogP contribution in [-0.4, -0.2) is 53.0 Å². The van der Waals surface area contributed by atoms with Gasteiger partial charge in [0.1, 0.15) is 23.9 Å². The van der Waals surface area contributed by atoms with Crippen LogP contribution in [0, 0.1) is 5.92 Å². The maximum absolute atomic E-state index is 6.14. The second kappa shape index (κ2) is 7.70. The normalized spacial score (nSPS) is 31.3.